The first kappa shape index (κ1) is 30.1. The minimum Gasteiger partial charge on any atom is -0.292 e. The summed E-state index contributed by atoms with van der Waals surface area (Å²) >= 11 is 1.78. The lowest BCUT2D eigenvalue weighted by molar-refractivity contribution is 1.08. The SMILES string of the molecule is c1ccc(-c2ccc(-c3nc(-c4ccccc4)nc(-c4cccc5sc6ccc(-c7nc8ccccc8n7-c7ccccc7)cc6c45)n3)cc2)cc1. The molecule has 0 N–H and O–H groups in total. The van der Waals surface area contributed by atoms with Crippen molar-refractivity contribution < 1.29 is 0 Å². The highest BCUT2D eigenvalue weighted by atomic mass is 32.1. The molecule has 0 radical (unpaired) electrons. The monoisotopic (exact) mass is 683 g/mol. The van der Waals surface area contributed by atoms with Crippen molar-refractivity contribution >= 4 is 42.5 Å². The highest BCUT2D eigenvalue weighted by Crippen LogP contribution is 2.42. The molecule has 5 nitrogen and oxygen atoms in total. The molecule has 3 aromatic heterocycles. The number of hydrogen-bond donors (Lipinski definition) is 0. The van der Waals surface area contributed by atoms with Crippen LogP contribution < -0.4 is 0 Å². The average molecular weight is 684 g/mol. The second-order valence-electron chi connectivity index (χ2n) is 12.7. The van der Waals surface area contributed by atoms with Crippen LogP contribution in [0.4, 0.5) is 0 Å². The van der Waals surface area contributed by atoms with Gasteiger partial charge in [0, 0.05) is 48.1 Å². The summed E-state index contributed by atoms with van der Waals surface area (Å²) in [5.41, 5.74) is 9.31. The van der Waals surface area contributed by atoms with Crippen molar-refractivity contribution in [2.75, 3.05) is 0 Å². The standard InChI is InChI=1S/C46H29N5S/c1-4-13-30(14-5-1)31-23-25-33(26-24-31)44-48-43(32-15-6-2-7-16-32)49-45(50-44)36-19-12-22-41-42(36)37-29-34(27-28-40(37)52-41)46-47-38-20-10-11-21-39(38)51(46)35-17-8-3-9-18-35/h1-29H. The second kappa shape index (κ2) is 12.5. The van der Waals surface area contributed by atoms with E-state index in [2.05, 4.69) is 132 Å². The molecular weight excluding hydrogens is 655 g/mol. The lowest BCUT2D eigenvalue weighted by atomic mass is 10.0. The molecule has 10 aromatic rings. The van der Waals surface area contributed by atoms with Crippen LogP contribution in [0.15, 0.2) is 176 Å². The number of fused-ring (bicyclic) bond motifs is 4. The van der Waals surface area contributed by atoms with Crippen molar-refractivity contribution in [1.29, 1.82) is 0 Å². The molecule has 0 amide bonds. The van der Waals surface area contributed by atoms with Crippen LogP contribution in [-0.4, -0.2) is 24.5 Å². The summed E-state index contributed by atoms with van der Waals surface area (Å²) in [5, 5.41) is 2.28. The fourth-order valence-corrected chi connectivity index (χ4v) is 8.11. The summed E-state index contributed by atoms with van der Waals surface area (Å²) < 4.78 is 4.62. The Hall–Kier alpha value is -6.76. The molecule has 0 aliphatic carbocycles. The highest BCUT2D eigenvalue weighted by molar-refractivity contribution is 7.26. The van der Waals surface area contributed by atoms with Crippen LogP contribution in [0.2, 0.25) is 0 Å². The molecule has 3 heterocycles. The van der Waals surface area contributed by atoms with E-state index < -0.39 is 0 Å². The van der Waals surface area contributed by atoms with Gasteiger partial charge in [0.25, 0.3) is 0 Å². The van der Waals surface area contributed by atoms with E-state index in [-0.39, 0.29) is 0 Å². The number of rotatable bonds is 6. The molecule has 0 saturated carbocycles. The highest BCUT2D eigenvalue weighted by Gasteiger charge is 2.19. The van der Waals surface area contributed by atoms with Crippen molar-refractivity contribution in [2.45, 2.75) is 0 Å². The number of benzene rings is 7. The molecule has 0 saturated heterocycles. The largest absolute Gasteiger partial charge is 0.292 e. The van der Waals surface area contributed by atoms with Crippen LogP contribution in [0.1, 0.15) is 0 Å². The molecule has 7 aromatic carbocycles. The van der Waals surface area contributed by atoms with Crippen LogP contribution >= 0.6 is 11.3 Å². The molecule has 52 heavy (non-hydrogen) atoms. The van der Waals surface area contributed by atoms with E-state index in [1.54, 1.807) is 11.3 Å². The Kier molecular flexibility index (Phi) is 7.25. The summed E-state index contributed by atoms with van der Waals surface area (Å²) in [5.74, 6) is 2.82. The summed E-state index contributed by atoms with van der Waals surface area (Å²) in [6.07, 6.45) is 0. The molecule has 0 aliphatic heterocycles. The molecule has 0 spiro atoms. The van der Waals surface area contributed by atoms with Gasteiger partial charge in [0.1, 0.15) is 5.82 Å². The first-order chi connectivity index (χ1) is 25.8. The van der Waals surface area contributed by atoms with E-state index in [4.69, 9.17) is 19.9 Å². The third-order valence-electron chi connectivity index (χ3n) is 9.49. The van der Waals surface area contributed by atoms with Crippen LogP contribution in [-0.2, 0) is 0 Å². The predicted molar refractivity (Wildman–Crippen MR) is 215 cm³/mol. The van der Waals surface area contributed by atoms with Crippen molar-refractivity contribution in [3.05, 3.63) is 176 Å². The number of para-hydroxylation sites is 3. The van der Waals surface area contributed by atoms with E-state index in [1.165, 1.54) is 15.0 Å². The van der Waals surface area contributed by atoms with Gasteiger partial charge in [-0.2, -0.15) is 0 Å². The smallest absolute Gasteiger partial charge is 0.164 e. The van der Waals surface area contributed by atoms with Gasteiger partial charge in [-0.1, -0.05) is 127 Å². The minimum atomic E-state index is 0.636. The first-order valence-corrected chi connectivity index (χ1v) is 18.0. The van der Waals surface area contributed by atoms with E-state index >= 15 is 0 Å². The van der Waals surface area contributed by atoms with E-state index in [0.29, 0.717) is 17.5 Å². The maximum Gasteiger partial charge on any atom is 0.164 e. The summed E-state index contributed by atoms with van der Waals surface area (Å²) in [6.45, 7) is 0. The number of aromatic nitrogens is 5. The Morgan fingerprint density at radius 1 is 0.404 bits per heavy atom. The van der Waals surface area contributed by atoms with Gasteiger partial charge in [-0.25, -0.2) is 19.9 Å². The lowest BCUT2D eigenvalue weighted by Crippen LogP contribution is -2.00. The molecular formula is C46H29N5S. The van der Waals surface area contributed by atoms with Crippen molar-refractivity contribution in [1.82, 2.24) is 24.5 Å². The zero-order chi connectivity index (χ0) is 34.4. The molecule has 0 bridgehead atoms. The van der Waals surface area contributed by atoms with Gasteiger partial charge in [-0.3, -0.25) is 4.57 Å². The summed E-state index contributed by atoms with van der Waals surface area (Å²) in [4.78, 5) is 20.5. The fourth-order valence-electron chi connectivity index (χ4n) is 6.99. The molecule has 244 valence electrons. The Balaban J connectivity index is 1.16. The van der Waals surface area contributed by atoms with Gasteiger partial charge < -0.3 is 0 Å². The van der Waals surface area contributed by atoms with E-state index in [1.807, 2.05) is 48.5 Å². The molecule has 10 rings (SSSR count). The lowest BCUT2D eigenvalue weighted by Gasteiger charge is -2.11. The van der Waals surface area contributed by atoms with Crippen molar-refractivity contribution in [2.24, 2.45) is 0 Å². The molecule has 0 fully saturated rings. The summed E-state index contributed by atoms with van der Waals surface area (Å²) in [7, 11) is 0. The van der Waals surface area contributed by atoms with Gasteiger partial charge in [0.15, 0.2) is 17.5 Å². The van der Waals surface area contributed by atoms with Gasteiger partial charge in [0.05, 0.1) is 11.0 Å². The van der Waals surface area contributed by atoms with Crippen LogP contribution in [0.3, 0.4) is 0 Å². The molecule has 6 heteroatoms. The third-order valence-corrected chi connectivity index (χ3v) is 10.6. The zero-order valence-electron chi connectivity index (χ0n) is 27.9. The van der Waals surface area contributed by atoms with Gasteiger partial charge in [-0.05, 0) is 59.7 Å². The van der Waals surface area contributed by atoms with Gasteiger partial charge >= 0.3 is 0 Å². The number of hydrogen-bond acceptors (Lipinski definition) is 5. The van der Waals surface area contributed by atoms with Gasteiger partial charge in [-0.15, -0.1) is 11.3 Å². The average Bonchev–Trinajstić information content (AvgIpc) is 3.80. The Bertz CT molecular complexity index is 2880. The maximum absolute atomic E-state index is 5.17. The quantitative estimate of drug-likeness (QED) is 0.175. The second-order valence-corrected chi connectivity index (χ2v) is 13.8. The Morgan fingerprint density at radius 2 is 0.981 bits per heavy atom. The topological polar surface area (TPSA) is 56.5 Å². The normalized spacial score (nSPS) is 11.5. The van der Waals surface area contributed by atoms with Crippen molar-refractivity contribution in [3.63, 3.8) is 0 Å². The van der Waals surface area contributed by atoms with E-state index in [0.717, 1.165) is 61.1 Å². The summed E-state index contributed by atoms with van der Waals surface area (Å²) in [6, 6.07) is 60.9. The van der Waals surface area contributed by atoms with Crippen LogP contribution in [0, 0.1) is 0 Å². The number of thiophene rings is 1. The first-order valence-electron chi connectivity index (χ1n) is 17.2. The fraction of sp³-hybridized carbons (Fsp3) is 0. The number of imidazole rings is 1. The predicted octanol–water partition coefficient (Wildman–Crippen LogP) is 11.9. The molecule has 0 aliphatic rings. The van der Waals surface area contributed by atoms with Crippen molar-refractivity contribution in [3.8, 4) is 62.4 Å². The zero-order valence-corrected chi connectivity index (χ0v) is 28.7. The Morgan fingerprint density at radius 3 is 1.73 bits per heavy atom. The number of nitrogens with zero attached hydrogens (tertiary/aromatic N) is 5. The van der Waals surface area contributed by atoms with E-state index in [9.17, 15) is 0 Å². The Labute approximate surface area is 304 Å². The van der Waals surface area contributed by atoms with Gasteiger partial charge in [0.2, 0.25) is 0 Å². The van der Waals surface area contributed by atoms with Crippen LogP contribution in [0.5, 0.6) is 0 Å². The molecule has 0 atom stereocenters. The minimum absolute atomic E-state index is 0.636. The maximum atomic E-state index is 5.17. The van der Waals surface area contributed by atoms with Crippen LogP contribution in [0.25, 0.3) is 93.6 Å². The molecule has 0 unspecified atom stereocenters. The third kappa shape index (κ3) is 5.25.